The van der Waals surface area contributed by atoms with Crippen molar-refractivity contribution in [2.75, 3.05) is 0 Å². The Kier molecular flexibility index (Phi) is 3.39. The van der Waals surface area contributed by atoms with Crippen molar-refractivity contribution in [2.24, 2.45) is 0 Å². The van der Waals surface area contributed by atoms with Crippen LogP contribution in [0.1, 0.15) is 0 Å². The maximum atomic E-state index is 11.8. The molecule has 0 spiro atoms. The van der Waals surface area contributed by atoms with Crippen LogP contribution in [0.2, 0.25) is 0 Å². The van der Waals surface area contributed by atoms with E-state index in [2.05, 4.69) is 13.2 Å². The molecule has 0 saturated carbocycles. The molecule has 0 saturated heterocycles. The summed E-state index contributed by atoms with van der Waals surface area (Å²) in [5, 5.41) is -0.437. The maximum absolute atomic E-state index is 11.8. The summed E-state index contributed by atoms with van der Waals surface area (Å²) in [6.45, 7) is 5.97. The first-order valence-corrected chi connectivity index (χ1v) is 3.02. The lowest BCUT2D eigenvalue weighted by Crippen LogP contribution is -2.10. The Hall–Kier alpha value is -0.700. The summed E-state index contributed by atoms with van der Waals surface area (Å²) >= 11 is 5.19. The number of allylic oxidation sites excluding steroid dienone is 4. The van der Waals surface area contributed by atoms with Crippen molar-refractivity contribution in [3.05, 3.63) is 35.9 Å². The first-order valence-electron chi connectivity index (χ1n) is 2.64. The van der Waals surface area contributed by atoms with Crippen LogP contribution in [0.25, 0.3) is 0 Å². The molecule has 0 heterocycles. The van der Waals surface area contributed by atoms with Gasteiger partial charge in [-0.2, -0.15) is 13.2 Å². The summed E-state index contributed by atoms with van der Waals surface area (Å²) in [4.78, 5) is 0. The third kappa shape index (κ3) is 3.28. The largest absolute Gasteiger partial charge is 0.417 e. The third-order valence-corrected chi connectivity index (χ3v) is 1.25. The molecule has 0 nitrogen and oxygen atoms in total. The summed E-state index contributed by atoms with van der Waals surface area (Å²) in [6, 6.07) is 0. The van der Waals surface area contributed by atoms with Crippen LogP contribution >= 0.6 is 11.6 Å². The Morgan fingerprint density at radius 1 is 1.36 bits per heavy atom. The molecule has 0 atom stereocenters. The highest BCUT2D eigenvalue weighted by atomic mass is 35.5. The lowest BCUT2D eigenvalue weighted by molar-refractivity contribution is -0.0882. The number of hydrogen-bond acceptors (Lipinski definition) is 0. The van der Waals surface area contributed by atoms with Crippen molar-refractivity contribution in [3.63, 3.8) is 0 Å². The Morgan fingerprint density at radius 2 is 1.82 bits per heavy atom. The molecule has 0 unspecified atom stereocenters. The van der Waals surface area contributed by atoms with E-state index in [1.165, 1.54) is 6.08 Å². The zero-order valence-corrected chi connectivity index (χ0v) is 6.34. The fourth-order valence-corrected chi connectivity index (χ4v) is 0.536. The van der Waals surface area contributed by atoms with Crippen LogP contribution in [0, 0.1) is 0 Å². The number of halogens is 4. The first-order chi connectivity index (χ1) is 4.89. The van der Waals surface area contributed by atoms with Crippen LogP contribution < -0.4 is 0 Å². The maximum Gasteiger partial charge on any atom is 0.417 e. The van der Waals surface area contributed by atoms with E-state index >= 15 is 0 Å². The summed E-state index contributed by atoms with van der Waals surface area (Å²) in [6.07, 6.45) is -2.26. The quantitative estimate of drug-likeness (QED) is 0.574. The molecular formula is C7H6ClF3. The van der Waals surface area contributed by atoms with Gasteiger partial charge >= 0.3 is 6.18 Å². The van der Waals surface area contributed by atoms with Gasteiger partial charge < -0.3 is 0 Å². The van der Waals surface area contributed by atoms with Crippen molar-refractivity contribution in [2.45, 2.75) is 6.18 Å². The zero-order chi connectivity index (χ0) is 9.07. The molecule has 0 aliphatic heterocycles. The van der Waals surface area contributed by atoms with Crippen LogP contribution in [-0.4, -0.2) is 6.18 Å². The van der Waals surface area contributed by atoms with Crippen molar-refractivity contribution in [1.82, 2.24) is 0 Å². The van der Waals surface area contributed by atoms with Gasteiger partial charge in [0.2, 0.25) is 0 Å². The second-order valence-corrected chi connectivity index (χ2v) is 2.13. The van der Waals surface area contributed by atoms with Gasteiger partial charge in [0.15, 0.2) is 0 Å². The highest BCUT2D eigenvalue weighted by molar-refractivity contribution is 6.32. The standard InChI is InChI=1S/C7H6ClF3/c1-3-4-6(8)5(2)7(9,10)11/h3-4H,1-2H2/b6-4+. The monoisotopic (exact) mass is 182 g/mol. The molecule has 0 rings (SSSR count). The van der Waals surface area contributed by atoms with Crippen molar-refractivity contribution in [1.29, 1.82) is 0 Å². The van der Waals surface area contributed by atoms with Gasteiger partial charge in [-0.1, -0.05) is 30.8 Å². The zero-order valence-electron chi connectivity index (χ0n) is 5.58. The number of alkyl halides is 3. The Morgan fingerprint density at radius 3 is 2.09 bits per heavy atom. The van der Waals surface area contributed by atoms with Gasteiger partial charge in [-0.15, -0.1) is 0 Å². The van der Waals surface area contributed by atoms with Gasteiger partial charge in [0.25, 0.3) is 0 Å². The van der Waals surface area contributed by atoms with Gasteiger partial charge in [-0.05, 0) is 6.08 Å². The molecule has 0 aromatic carbocycles. The van der Waals surface area contributed by atoms with Crippen LogP contribution in [0.15, 0.2) is 35.9 Å². The smallest absolute Gasteiger partial charge is 0.166 e. The van der Waals surface area contributed by atoms with E-state index in [1.54, 1.807) is 0 Å². The van der Waals surface area contributed by atoms with E-state index in [9.17, 15) is 13.2 Å². The normalized spacial score (nSPS) is 12.9. The second kappa shape index (κ2) is 3.62. The molecule has 0 fully saturated rings. The van der Waals surface area contributed by atoms with E-state index in [-0.39, 0.29) is 0 Å². The highest BCUT2D eigenvalue weighted by Gasteiger charge is 2.33. The van der Waals surface area contributed by atoms with E-state index in [1.807, 2.05) is 0 Å². The minimum absolute atomic E-state index is 0.437. The molecule has 0 amide bonds. The number of rotatable bonds is 2. The predicted molar refractivity (Wildman–Crippen MR) is 39.3 cm³/mol. The van der Waals surface area contributed by atoms with Gasteiger partial charge in [0.05, 0.1) is 10.6 Å². The molecule has 0 aromatic heterocycles. The molecular weight excluding hydrogens is 177 g/mol. The highest BCUT2D eigenvalue weighted by Crippen LogP contribution is 2.31. The summed E-state index contributed by atoms with van der Waals surface area (Å²) in [5.41, 5.74) is -1.06. The SMILES string of the molecule is C=C/C=C(/Cl)C(=C)C(F)(F)F. The van der Waals surface area contributed by atoms with Crippen LogP contribution in [0.3, 0.4) is 0 Å². The molecule has 62 valence electrons. The van der Waals surface area contributed by atoms with E-state index in [4.69, 9.17) is 11.6 Å². The van der Waals surface area contributed by atoms with Gasteiger partial charge in [0, 0.05) is 0 Å². The molecule has 11 heavy (non-hydrogen) atoms. The third-order valence-electron chi connectivity index (χ3n) is 0.895. The van der Waals surface area contributed by atoms with Gasteiger partial charge in [0.1, 0.15) is 0 Å². The summed E-state index contributed by atoms with van der Waals surface area (Å²) in [5.74, 6) is 0. The molecule has 4 heteroatoms. The van der Waals surface area contributed by atoms with E-state index < -0.39 is 16.8 Å². The average Bonchev–Trinajstić information content (AvgIpc) is 1.85. The van der Waals surface area contributed by atoms with Crippen molar-refractivity contribution in [3.8, 4) is 0 Å². The Bertz CT molecular complexity index is 200. The summed E-state index contributed by atoms with van der Waals surface area (Å²) in [7, 11) is 0. The lowest BCUT2D eigenvalue weighted by Gasteiger charge is -2.07. The first kappa shape index (κ1) is 10.3. The molecule has 0 bridgehead atoms. The molecule has 0 aliphatic rings. The number of hydrogen-bond donors (Lipinski definition) is 0. The minimum atomic E-state index is -4.46. The lowest BCUT2D eigenvalue weighted by atomic mass is 10.2. The minimum Gasteiger partial charge on any atom is -0.166 e. The molecule has 0 N–H and O–H groups in total. The Balaban J connectivity index is 4.51. The Labute approximate surface area is 67.7 Å². The van der Waals surface area contributed by atoms with Crippen molar-refractivity contribution < 1.29 is 13.2 Å². The van der Waals surface area contributed by atoms with Crippen LogP contribution in [0.4, 0.5) is 13.2 Å². The van der Waals surface area contributed by atoms with Crippen LogP contribution in [-0.2, 0) is 0 Å². The van der Waals surface area contributed by atoms with Gasteiger partial charge in [-0.25, -0.2) is 0 Å². The van der Waals surface area contributed by atoms with E-state index in [0.29, 0.717) is 0 Å². The van der Waals surface area contributed by atoms with Gasteiger partial charge in [-0.3, -0.25) is 0 Å². The second-order valence-electron chi connectivity index (χ2n) is 1.73. The van der Waals surface area contributed by atoms with Crippen molar-refractivity contribution >= 4 is 11.6 Å². The topological polar surface area (TPSA) is 0 Å². The van der Waals surface area contributed by atoms with Crippen LogP contribution in [0.5, 0.6) is 0 Å². The molecule has 0 radical (unpaired) electrons. The fraction of sp³-hybridized carbons (Fsp3) is 0.143. The molecule has 0 aromatic rings. The van der Waals surface area contributed by atoms with E-state index in [0.717, 1.165) is 6.08 Å². The fourth-order valence-electron chi connectivity index (χ4n) is 0.339. The summed E-state index contributed by atoms with van der Waals surface area (Å²) < 4.78 is 35.3. The molecule has 0 aliphatic carbocycles. The average molecular weight is 183 g/mol. The predicted octanol–water partition coefficient (Wildman–Crippen LogP) is 3.41.